The summed E-state index contributed by atoms with van der Waals surface area (Å²) < 4.78 is 0. The van der Waals surface area contributed by atoms with Crippen molar-refractivity contribution in [1.82, 2.24) is 0 Å². The van der Waals surface area contributed by atoms with Crippen LogP contribution in [0.3, 0.4) is 0 Å². The predicted molar refractivity (Wildman–Crippen MR) is 55.4 cm³/mol. The Morgan fingerprint density at radius 1 is 1.23 bits per heavy atom. The van der Waals surface area contributed by atoms with Crippen LogP contribution in [0.4, 0.5) is 0 Å². The van der Waals surface area contributed by atoms with Crippen molar-refractivity contribution in [2.45, 2.75) is 33.3 Å². The molecule has 4 atom stereocenters. The Morgan fingerprint density at radius 2 is 1.77 bits per heavy atom. The van der Waals surface area contributed by atoms with Gasteiger partial charge >= 0.3 is 0 Å². The first-order chi connectivity index (χ1) is 6.02. The fourth-order valence-corrected chi connectivity index (χ4v) is 1.49. The standard InChI is InChI=1S/C11H22O2/c1-5-8(2)6-9(3)11(13)10(4)7-12/h5,8-13H,1,6-7H2,2-4H3/t8-,9+,10+,11-/m0/s1. The van der Waals surface area contributed by atoms with E-state index < -0.39 is 6.10 Å². The first-order valence-corrected chi connectivity index (χ1v) is 4.94. The van der Waals surface area contributed by atoms with Gasteiger partial charge in [-0.05, 0) is 18.3 Å². The molecular weight excluding hydrogens is 164 g/mol. The van der Waals surface area contributed by atoms with Gasteiger partial charge in [-0.1, -0.05) is 26.8 Å². The Hall–Kier alpha value is -0.340. The van der Waals surface area contributed by atoms with E-state index in [1.165, 1.54) is 0 Å². The van der Waals surface area contributed by atoms with Gasteiger partial charge in [0.2, 0.25) is 0 Å². The summed E-state index contributed by atoms with van der Waals surface area (Å²) >= 11 is 0. The number of aliphatic hydroxyl groups is 2. The number of aliphatic hydroxyl groups excluding tert-OH is 2. The first kappa shape index (κ1) is 12.7. The molecule has 0 bridgehead atoms. The molecule has 13 heavy (non-hydrogen) atoms. The maximum atomic E-state index is 9.74. The van der Waals surface area contributed by atoms with Crippen LogP contribution in [0.15, 0.2) is 12.7 Å². The highest BCUT2D eigenvalue weighted by atomic mass is 16.3. The summed E-state index contributed by atoms with van der Waals surface area (Å²) in [7, 11) is 0. The molecule has 0 radical (unpaired) electrons. The number of hydrogen-bond acceptors (Lipinski definition) is 2. The molecule has 2 N–H and O–H groups in total. The second-order valence-corrected chi connectivity index (χ2v) is 4.08. The van der Waals surface area contributed by atoms with Crippen molar-refractivity contribution in [2.75, 3.05) is 6.61 Å². The summed E-state index contributed by atoms with van der Waals surface area (Å²) in [4.78, 5) is 0. The molecule has 0 unspecified atom stereocenters. The lowest BCUT2D eigenvalue weighted by molar-refractivity contribution is 0.0309. The summed E-state index contributed by atoms with van der Waals surface area (Å²) in [5, 5.41) is 18.6. The molecule has 0 aromatic rings. The summed E-state index contributed by atoms with van der Waals surface area (Å²) in [6.07, 6.45) is 2.41. The molecule has 0 aliphatic rings. The van der Waals surface area contributed by atoms with Gasteiger partial charge in [-0.3, -0.25) is 0 Å². The van der Waals surface area contributed by atoms with Gasteiger partial charge in [0.25, 0.3) is 0 Å². The maximum Gasteiger partial charge on any atom is 0.0613 e. The van der Waals surface area contributed by atoms with Crippen LogP contribution in [0.2, 0.25) is 0 Å². The largest absolute Gasteiger partial charge is 0.396 e. The van der Waals surface area contributed by atoms with Gasteiger partial charge in [-0.15, -0.1) is 6.58 Å². The number of allylic oxidation sites excluding steroid dienone is 1. The average Bonchev–Trinajstić information content (AvgIpc) is 2.14. The van der Waals surface area contributed by atoms with Crippen molar-refractivity contribution in [3.63, 3.8) is 0 Å². The second kappa shape index (κ2) is 6.17. The van der Waals surface area contributed by atoms with Crippen molar-refractivity contribution >= 4 is 0 Å². The third-order valence-corrected chi connectivity index (χ3v) is 2.60. The van der Waals surface area contributed by atoms with Crippen LogP contribution in [-0.2, 0) is 0 Å². The zero-order chi connectivity index (χ0) is 10.4. The molecule has 0 saturated heterocycles. The van der Waals surface area contributed by atoms with Crippen molar-refractivity contribution < 1.29 is 10.2 Å². The van der Waals surface area contributed by atoms with E-state index in [1.54, 1.807) is 0 Å². The van der Waals surface area contributed by atoms with Crippen molar-refractivity contribution in [3.8, 4) is 0 Å². The molecule has 0 amide bonds. The average molecular weight is 186 g/mol. The van der Waals surface area contributed by atoms with Crippen LogP contribution in [0.5, 0.6) is 0 Å². The Morgan fingerprint density at radius 3 is 2.15 bits per heavy atom. The fraction of sp³-hybridized carbons (Fsp3) is 0.818. The van der Waals surface area contributed by atoms with Gasteiger partial charge in [0.15, 0.2) is 0 Å². The fourth-order valence-electron chi connectivity index (χ4n) is 1.49. The van der Waals surface area contributed by atoms with E-state index in [0.29, 0.717) is 5.92 Å². The summed E-state index contributed by atoms with van der Waals surface area (Å²) in [5.41, 5.74) is 0. The van der Waals surface area contributed by atoms with E-state index in [1.807, 2.05) is 19.9 Å². The van der Waals surface area contributed by atoms with E-state index in [0.717, 1.165) is 6.42 Å². The van der Waals surface area contributed by atoms with Gasteiger partial charge in [0.05, 0.1) is 6.10 Å². The van der Waals surface area contributed by atoms with Crippen LogP contribution >= 0.6 is 0 Å². The Bertz CT molecular complexity index is 145. The summed E-state index contributed by atoms with van der Waals surface area (Å²) in [5.74, 6) is 0.609. The van der Waals surface area contributed by atoms with Crippen LogP contribution in [0.1, 0.15) is 27.2 Å². The van der Waals surface area contributed by atoms with Gasteiger partial charge in [-0.25, -0.2) is 0 Å². The number of rotatable bonds is 6. The molecule has 2 nitrogen and oxygen atoms in total. The third-order valence-electron chi connectivity index (χ3n) is 2.60. The van der Waals surface area contributed by atoms with Gasteiger partial charge in [-0.2, -0.15) is 0 Å². The van der Waals surface area contributed by atoms with Gasteiger partial charge in [0.1, 0.15) is 0 Å². The molecule has 0 heterocycles. The lowest BCUT2D eigenvalue weighted by atomic mass is 9.87. The lowest BCUT2D eigenvalue weighted by Gasteiger charge is -2.24. The number of hydrogen-bond donors (Lipinski definition) is 2. The zero-order valence-corrected chi connectivity index (χ0v) is 8.90. The minimum atomic E-state index is -0.410. The van der Waals surface area contributed by atoms with Crippen LogP contribution in [0, 0.1) is 17.8 Å². The molecule has 0 fully saturated rings. The lowest BCUT2D eigenvalue weighted by Crippen LogP contribution is -2.28. The molecule has 0 rings (SSSR count). The smallest absolute Gasteiger partial charge is 0.0613 e. The maximum absolute atomic E-state index is 9.74. The molecule has 0 aliphatic carbocycles. The predicted octanol–water partition coefficient (Wildman–Crippen LogP) is 1.82. The Kier molecular flexibility index (Phi) is 6.00. The molecule has 0 spiro atoms. The van der Waals surface area contributed by atoms with Crippen LogP contribution in [-0.4, -0.2) is 22.9 Å². The summed E-state index contributed by atoms with van der Waals surface area (Å²) in [6, 6.07) is 0. The van der Waals surface area contributed by atoms with Crippen LogP contribution in [0.25, 0.3) is 0 Å². The Balaban J connectivity index is 3.94. The van der Waals surface area contributed by atoms with E-state index >= 15 is 0 Å². The third kappa shape index (κ3) is 4.44. The van der Waals surface area contributed by atoms with Gasteiger partial charge < -0.3 is 10.2 Å². The van der Waals surface area contributed by atoms with Crippen molar-refractivity contribution in [3.05, 3.63) is 12.7 Å². The van der Waals surface area contributed by atoms with E-state index in [-0.39, 0.29) is 18.4 Å². The highest BCUT2D eigenvalue weighted by Gasteiger charge is 2.21. The van der Waals surface area contributed by atoms with Crippen LogP contribution < -0.4 is 0 Å². The zero-order valence-electron chi connectivity index (χ0n) is 8.90. The van der Waals surface area contributed by atoms with Crippen molar-refractivity contribution in [2.24, 2.45) is 17.8 Å². The van der Waals surface area contributed by atoms with E-state index in [9.17, 15) is 5.11 Å². The highest BCUT2D eigenvalue weighted by molar-refractivity contribution is 4.80. The van der Waals surface area contributed by atoms with E-state index in [4.69, 9.17) is 5.11 Å². The normalized spacial score (nSPS) is 20.4. The molecule has 0 saturated carbocycles. The topological polar surface area (TPSA) is 40.5 Å². The molecule has 2 heteroatoms. The molecular formula is C11H22O2. The van der Waals surface area contributed by atoms with Crippen molar-refractivity contribution in [1.29, 1.82) is 0 Å². The minimum absolute atomic E-state index is 0.0352. The molecule has 78 valence electrons. The second-order valence-electron chi connectivity index (χ2n) is 4.08. The monoisotopic (exact) mass is 186 g/mol. The van der Waals surface area contributed by atoms with E-state index in [2.05, 4.69) is 13.5 Å². The molecule has 0 aliphatic heterocycles. The van der Waals surface area contributed by atoms with Gasteiger partial charge in [0, 0.05) is 12.5 Å². The molecule has 0 aromatic heterocycles. The SMILES string of the molecule is C=C[C@H](C)C[C@@H](C)[C@H](O)[C@H](C)CO. The summed E-state index contributed by atoms with van der Waals surface area (Å²) in [6.45, 7) is 9.71. The quantitative estimate of drug-likeness (QED) is 0.621. The first-order valence-electron chi connectivity index (χ1n) is 4.94. The highest BCUT2D eigenvalue weighted by Crippen LogP contribution is 2.20. The molecule has 0 aromatic carbocycles. The Labute approximate surface area is 81.3 Å². The minimum Gasteiger partial charge on any atom is -0.396 e.